The van der Waals surface area contributed by atoms with Crippen molar-refractivity contribution >= 4 is 12.2 Å². The molecular weight excluding hydrogens is 332 g/mol. The van der Waals surface area contributed by atoms with E-state index in [9.17, 15) is 25.7 Å². The molecule has 8 heteroatoms. The van der Waals surface area contributed by atoms with Gasteiger partial charge in [0.1, 0.15) is 35.1 Å². The molecule has 1 aliphatic heterocycles. The average molecular weight is 352 g/mol. The van der Waals surface area contributed by atoms with Crippen LogP contribution in [0.15, 0.2) is 6.07 Å². The van der Waals surface area contributed by atoms with Crippen molar-refractivity contribution in [2.24, 2.45) is 0 Å². The molecule has 24 heavy (non-hydrogen) atoms. The first kappa shape index (κ1) is 17.5. The number of aryl methyl sites for hydroxylation is 1. The number of nitriles is 1. The number of aliphatic hydroxyl groups is 4. The molecule has 130 valence electrons. The maximum absolute atomic E-state index is 10.4. The van der Waals surface area contributed by atoms with Crippen molar-refractivity contribution in [3.8, 4) is 6.07 Å². The van der Waals surface area contributed by atoms with Crippen LogP contribution in [0.25, 0.3) is 0 Å². The zero-order valence-corrected chi connectivity index (χ0v) is 13.8. The lowest BCUT2D eigenvalue weighted by Gasteiger charge is -2.42. The summed E-state index contributed by atoms with van der Waals surface area (Å²) in [4.78, 5) is 0. The zero-order valence-electron chi connectivity index (χ0n) is 13.0. The Labute approximate surface area is 144 Å². The number of rotatable bonds is 2. The summed E-state index contributed by atoms with van der Waals surface area (Å²) in [5.74, 6) is 0. The molecule has 1 aromatic heterocycles. The van der Waals surface area contributed by atoms with Crippen LogP contribution >= 0.6 is 12.2 Å². The summed E-state index contributed by atoms with van der Waals surface area (Å²) in [6.07, 6.45) is -2.92. The molecule has 0 bridgehead atoms. The van der Waals surface area contributed by atoms with E-state index in [0.29, 0.717) is 5.56 Å². The smallest absolute Gasteiger partial charge is 0.164 e. The van der Waals surface area contributed by atoms with Crippen molar-refractivity contribution in [2.75, 3.05) is 6.61 Å². The normalized spacial score (nSPS) is 32.9. The van der Waals surface area contributed by atoms with Crippen molar-refractivity contribution in [2.45, 2.75) is 56.3 Å². The van der Waals surface area contributed by atoms with Gasteiger partial charge in [0.25, 0.3) is 0 Å². The van der Waals surface area contributed by atoms with Gasteiger partial charge in [-0.05, 0) is 37.3 Å². The second kappa shape index (κ2) is 6.88. The fourth-order valence-electron chi connectivity index (χ4n) is 3.48. The lowest BCUT2D eigenvalue weighted by molar-refractivity contribution is -0.252. The van der Waals surface area contributed by atoms with E-state index in [1.807, 2.05) is 0 Å². The SMILES string of the molecule is N#Cc1cc2c(n(C3OC(CO)C(O)C(O)C3O)c1=S)CCCC2. The van der Waals surface area contributed by atoms with E-state index in [-0.39, 0.29) is 4.64 Å². The highest BCUT2D eigenvalue weighted by Crippen LogP contribution is 2.33. The maximum Gasteiger partial charge on any atom is 0.164 e. The van der Waals surface area contributed by atoms with E-state index < -0.39 is 37.3 Å². The van der Waals surface area contributed by atoms with Gasteiger partial charge in [-0.2, -0.15) is 5.26 Å². The number of hydrogen-bond donors (Lipinski definition) is 4. The number of fused-ring (bicyclic) bond motifs is 1. The molecule has 2 aliphatic rings. The van der Waals surface area contributed by atoms with Crippen LogP contribution in [0.3, 0.4) is 0 Å². The third-order valence-corrected chi connectivity index (χ3v) is 5.20. The predicted molar refractivity (Wildman–Crippen MR) is 85.6 cm³/mol. The molecule has 1 fully saturated rings. The minimum absolute atomic E-state index is 0.225. The molecule has 3 rings (SSSR count). The van der Waals surface area contributed by atoms with Crippen LogP contribution in [0.4, 0.5) is 0 Å². The predicted octanol–water partition coefficient (Wildman–Crippen LogP) is -0.0595. The van der Waals surface area contributed by atoms with E-state index in [2.05, 4.69) is 6.07 Å². The Morgan fingerprint density at radius 3 is 2.58 bits per heavy atom. The van der Waals surface area contributed by atoms with Gasteiger partial charge in [0.15, 0.2) is 6.23 Å². The van der Waals surface area contributed by atoms with Gasteiger partial charge in [0.05, 0.1) is 12.2 Å². The maximum atomic E-state index is 10.4. The Morgan fingerprint density at radius 1 is 1.21 bits per heavy atom. The van der Waals surface area contributed by atoms with Crippen molar-refractivity contribution < 1.29 is 25.2 Å². The van der Waals surface area contributed by atoms with Gasteiger partial charge < -0.3 is 29.7 Å². The fourth-order valence-corrected chi connectivity index (χ4v) is 3.79. The molecule has 1 aromatic rings. The van der Waals surface area contributed by atoms with Crippen molar-refractivity contribution in [1.29, 1.82) is 5.26 Å². The molecule has 0 saturated carbocycles. The Bertz CT molecular complexity index is 726. The average Bonchev–Trinajstić information content (AvgIpc) is 2.60. The summed E-state index contributed by atoms with van der Waals surface area (Å²) >= 11 is 5.40. The first-order chi connectivity index (χ1) is 11.5. The van der Waals surface area contributed by atoms with Gasteiger partial charge in [-0.1, -0.05) is 12.2 Å². The Morgan fingerprint density at radius 2 is 1.92 bits per heavy atom. The van der Waals surface area contributed by atoms with E-state index in [0.717, 1.165) is 36.9 Å². The summed E-state index contributed by atoms with van der Waals surface area (Å²) in [6, 6.07) is 3.84. The number of aromatic nitrogens is 1. The van der Waals surface area contributed by atoms with Crippen LogP contribution in [-0.2, 0) is 17.6 Å². The Hall–Kier alpha value is -1.34. The summed E-state index contributed by atoms with van der Waals surface area (Å²) in [5.41, 5.74) is 2.15. The minimum Gasteiger partial charge on any atom is -0.394 e. The summed E-state index contributed by atoms with van der Waals surface area (Å²) in [5, 5.41) is 49.1. The van der Waals surface area contributed by atoms with Crippen LogP contribution in [-0.4, -0.2) is 56.0 Å². The fraction of sp³-hybridized carbons (Fsp3) is 0.625. The third-order valence-electron chi connectivity index (χ3n) is 4.78. The molecule has 0 spiro atoms. The number of aliphatic hydroxyl groups excluding tert-OH is 4. The van der Waals surface area contributed by atoms with Crippen molar-refractivity contribution in [3.63, 3.8) is 0 Å². The van der Waals surface area contributed by atoms with Crippen LogP contribution in [0.2, 0.25) is 0 Å². The highest BCUT2D eigenvalue weighted by molar-refractivity contribution is 7.71. The van der Waals surface area contributed by atoms with Gasteiger partial charge in [-0.15, -0.1) is 0 Å². The van der Waals surface area contributed by atoms with E-state index >= 15 is 0 Å². The van der Waals surface area contributed by atoms with Gasteiger partial charge in [0, 0.05) is 5.69 Å². The standard InChI is InChI=1S/C16H20N2O5S/c17-6-9-5-8-3-1-2-4-10(8)18(16(9)24)15-14(22)13(21)12(20)11(7-19)23-15/h5,11-15,19-22H,1-4,7H2. The Balaban J connectivity index is 2.14. The van der Waals surface area contributed by atoms with Gasteiger partial charge in [-0.3, -0.25) is 0 Å². The second-order valence-corrected chi connectivity index (χ2v) is 6.63. The first-order valence-electron chi connectivity index (χ1n) is 7.97. The van der Waals surface area contributed by atoms with Crippen LogP contribution in [0.5, 0.6) is 0 Å². The molecular formula is C16H20N2O5S. The van der Waals surface area contributed by atoms with E-state index in [1.54, 1.807) is 10.6 Å². The molecule has 0 radical (unpaired) electrons. The number of pyridine rings is 1. The molecule has 1 aliphatic carbocycles. The third kappa shape index (κ3) is 2.77. The monoisotopic (exact) mass is 352 g/mol. The number of nitrogens with zero attached hydrogens (tertiary/aromatic N) is 2. The molecule has 0 amide bonds. The molecule has 2 heterocycles. The summed E-state index contributed by atoms with van der Waals surface area (Å²) in [6.45, 7) is -0.505. The lowest BCUT2D eigenvalue weighted by atomic mass is 9.93. The summed E-state index contributed by atoms with van der Waals surface area (Å²) in [7, 11) is 0. The van der Waals surface area contributed by atoms with Gasteiger partial charge in [-0.25, -0.2) is 0 Å². The molecule has 5 unspecified atom stereocenters. The highest BCUT2D eigenvalue weighted by atomic mass is 32.1. The molecule has 1 saturated heterocycles. The molecule has 4 N–H and O–H groups in total. The minimum atomic E-state index is -1.48. The van der Waals surface area contributed by atoms with Crippen LogP contribution in [0.1, 0.15) is 35.9 Å². The van der Waals surface area contributed by atoms with Crippen LogP contribution in [0, 0.1) is 16.0 Å². The largest absolute Gasteiger partial charge is 0.394 e. The topological polar surface area (TPSA) is 119 Å². The van der Waals surface area contributed by atoms with Crippen molar-refractivity contribution in [3.05, 3.63) is 27.5 Å². The number of hydrogen-bond acceptors (Lipinski definition) is 7. The van der Waals surface area contributed by atoms with E-state index in [1.165, 1.54) is 0 Å². The van der Waals surface area contributed by atoms with E-state index in [4.69, 9.17) is 17.0 Å². The first-order valence-corrected chi connectivity index (χ1v) is 8.38. The van der Waals surface area contributed by atoms with Gasteiger partial charge in [0.2, 0.25) is 0 Å². The number of ether oxygens (including phenoxy) is 1. The summed E-state index contributed by atoms with van der Waals surface area (Å²) < 4.78 is 7.44. The van der Waals surface area contributed by atoms with Crippen LogP contribution < -0.4 is 0 Å². The second-order valence-electron chi connectivity index (χ2n) is 6.24. The molecule has 7 nitrogen and oxygen atoms in total. The quantitative estimate of drug-likeness (QED) is 0.551. The molecule has 5 atom stereocenters. The van der Waals surface area contributed by atoms with Crippen molar-refractivity contribution in [1.82, 2.24) is 4.57 Å². The lowest BCUT2D eigenvalue weighted by Crippen LogP contribution is -2.56. The zero-order chi connectivity index (χ0) is 17.4. The highest BCUT2D eigenvalue weighted by Gasteiger charge is 2.45. The van der Waals surface area contributed by atoms with Gasteiger partial charge >= 0.3 is 0 Å². The molecule has 0 aromatic carbocycles. The Kier molecular flexibility index (Phi) is 5.01.